The molecule has 1 aromatic heterocycles. The number of aromatic nitrogens is 2. The lowest BCUT2D eigenvalue weighted by molar-refractivity contribution is 0.215. The molecule has 1 amide bonds. The Bertz CT molecular complexity index is 823. The highest BCUT2D eigenvalue weighted by Crippen LogP contribution is 2.32. The van der Waals surface area contributed by atoms with Crippen LogP contribution in [-0.4, -0.2) is 16.3 Å². The summed E-state index contributed by atoms with van der Waals surface area (Å²) in [5.41, 5.74) is 1.05. The summed E-state index contributed by atoms with van der Waals surface area (Å²) in [7, 11) is 0. The van der Waals surface area contributed by atoms with E-state index < -0.39 is 11.9 Å². The first-order chi connectivity index (χ1) is 11.1. The van der Waals surface area contributed by atoms with Gasteiger partial charge < -0.3 is 4.74 Å². The molecular formula is C16H11ClFN3O2. The summed E-state index contributed by atoms with van der Waals surface area (Å²) in [5.74, 6) is -0.276. The summed E-state index contributed by atoms with van der Waals surface area (Å²) in [5, 5.41) is 9.03. The summed E-state index contributed by atoms with van der Waals surface area (Å²) in [6, 6.07) is 11.0. The van der Waals surface area contributed by atoms with Crippen molar-refractivity contribution < 1.29 is 13.9 Å². The van der Waals surface area contributed by atoms with Crippen LogP contribution in [0.3, 0.4) is 0 Å². The van der Waals surface area contributed by atoms with E-state index in [9.17, 15) is 9.18 Å². The Labute approximate surface area is 136 Å². The van der Waals surface area contributed by atoms with E-state index in [2.05, 4.69) is 15.5 Å². The number of hydrogen-bond acceptors (Lipinski definition) is 3. The van der Waals surface area contributed by atoms with Gasteiger partial charge in [0.25, 0.3) is 0 Å². The molecule has 0 aliphatic rings. The van der Waals surface area contributed by atoms with Crippen LogP contribution < -0.4 is 10.1 Å². The summed E-state index contributed by atoms with van der Waals surface area (Å²) < 4.78 is 19.2. The topological polar surface area (TPSA) is 67.0 Å². The van der Waals surface area contributed by atoms with Crippen LogP contribution in [0.1, 0.15) is 0 Å². The molecule has 0 saturated carbocycles. The van der Waals surface area contributed by atoms with E-state index in [0.29, 0.717) is 16.9 Å². The maximum absolute atomic E-state index is 14.2. The highest BCUT2D eigenvalue weighted by molar-refractivity contribution is 6.33. The number of nitrogens with zero attached hydrogens (tertiary/aromatic N) is 1. The van der Waals surface area contributed by atoms with E-state index in [4.69, 9.17) is 16.3 Å². The largest absolute Gasteiger partial charge is 0.417 e. The minimum atomic E-state index is -0.803. The Kier molecular flexibility index (Phi) is 4.25. The molecule has 0 bridgehead atoms. The molecule has 7 heteroatoms. The van der Waals surface area contributed by atoms with Crippen molar-refractivity contribution in [3.63, 3.8) is 0 Å². The zero-order valence-electron chi connectivity index (χ0n) is 11.7. The van der Waals surface area contributed by atoms with Gasteiger partial charge in [0.05, 0.1) is 16.9 Å². The van der Waals surface area contributed by atoms with Crippen LogP contribution in [0.25, 0.3) is 11.1 Å². The number of benzene rings is 2. The number of rotatable bonds is 3. The fraction of sp³-hybridized carbons (Fsp3) is 0. The Morgan fingerprint density at radius 1 is 1.26 bits per heavy atom. The highest BCUT2D eigenvalue weighted by Gasteiger charge is 2.14. The molecule has 1 heterocycles. The minimum absolute atomic E-state index is 0.0665. The van der Waals surface area contributed by atoms with Crippen molar-refractivity contribution in [2.45, 2.75) is 0 Å². The number of para-hydroxylation sites is 1. The fourth-order valence-electron chi connectivity index (χ4n) is 1.99. The first-order valence-electron chi connectivity index (χ1n) is 6.65. The van der Waals surface area contributed by atoms with Crippen molar-refractivity contribution >= 4 is 23.4 Å². The maximum atomic E-state index is 14.2. The highest BCUT2D eigenvalue weighted by atomic mass is 35.5. The molecule has 2 aromatic carbocycles. The Morgan fingerprint density at radius 2 is 2.04 bits per heavy atom. The van der Waals surface area contributed by atoms with Gasteiger partial charge in [-0.05, 0) is 24.3 Å². The number of anilines is 1. The summed E-state index contributed by atoms with van der Waals surface area (Å²) in [6.07, 6.45) is 2.32. The van der Waals surface area contributed by atoms with Gasteiger partial charge in [0.1, 0.15) is 11.6 Å². The van der Waals surface area contributed by atoms with E-state index in [1.54, 1.807) is 36.5 Å². The molecule has 0 atom stereocenters. The number of carbonyl (C=O) groups excluding carboxylic acids is 1. The van der Waals surface area contributed by atoms with Gasteiger partial charge >= 0.3 is 6.09 Å². The van der Waals surface area contributed by atoms with Gasteiger partial charge in [0.2, 0.25) is 0 Å². The van der Waals surface area contributed by atoms with Crippen molar-refractivity contribution in [2.75, 3.05) is 5.32 Å². The first kappa shape index (κ1) is 15.1. The summed E-state index contributed by atoms with van der Waals surface area (Å²) >= 11 is 6.14. The van der Waals surface area contributed by atoms with E-state index >= 15 is 0 Å². The number of halogens is 2. The predicted octanol–water partition coefficient (Wildman–Crippen LogP) is 4.48. The van der Waals surface area contributed by atoms with Gasteiger partial charge in [-0.3, -0.25) is 10.4 Å². The third-order valence-electron chi connectivity index (χ3n) is 3.06. The van der Waals surface area contributed by atoms with Crippen LogP contribution >= 0.6 is 11.6 Å². The Balaban J connectivity index is 1.78. The number of nitrogens with one attached hydrogen (secondary N) is 2. The van der Waals surface area contributed by atoms with Gasteiger partial charge in [-0.1, -0.05) is 29.8 Å². The smallest absolute Gasteiger partial charge is 0.410 e. The van der Waals surface area contributed by atoms with Gasteiger partial charge in [-0.2, -0.15) is 5.10 Å². The monoisotopic (exact) mass is 331 g/mol. The third kappa shape index (κ3) is 3.49. The number of ether oxygens (including phenoxy) is 1. The first-order valence-corrected chi connectivity index (χ1v) is 7.03. The second-order valence-electron chi connectivity index (χ2n) is 4.63. The normalized spacial score (nSPS) is 10.3. The molecule has 0 aliphatic carbocycles. The molecule has 0 radical (unpaired) electrons. The summed E-state index contributed by atoms with van der Waals surface area (Å²) in [4.78, 5) is 11.8. The fourth-order valence-corrected chi connectivity index (χ4v) is 2.27. The van der Waals surface area contributed by atoms with Crippen molar-refractivity contribution in [2.24, 2.45) is 0 Å². The SMILES string of the molecule is O=C(Nc1cc(Cl)c(-c2cn[nH]c2)cc1F)Oc1ccccc1. The summed E-state index contributed by atoms with van der Waals surface area (Å²) in [6.45, 7) is 0. The molecule has 0 saturated heterocycles. The van der Waals surface area contributed by atoms with Crippen molar-refractivity contribution in [3.05, 3.63) is 65.7 Å². The van der Waals surface area contributed by atoms with Crippen LogP contribution in [0.4, 0.5) is 14.9 Å². The Morgan fingerprint density at radius 3 is 2.74 bits per heavy atom. The molecule has 0 spiro atoms. The van der Waals surface area contributed by atoms with Gasteiger partial charge in [0.15, 0.2) is 0 Å². The number of amides is 1. The van der Waals surface area contributed by atoms with Crippen molar-refractivity contribution in [3.8, 4) is 16.9 Å². The minimum Gasteiger partial charge on any atom is -0.410 e. The zero-order valence-corrected chi connectivity index (χ0v) is 12.5. The van der Waals surface area contributed by atoms with E-state index in [1.807, 2.05) is 0 Å². The second kappa shape index (κ2) is 6.50. The Hall–Kier alpha value is -2.86. The molecule has 2 N–H and O–H groups in total. The average molecular weight is 332 g/mol. The lowest BCUT2D eigenvalue weighted by Gasteiger charge is -2.10. The molecule has 3 aromatic rings. The van der Waals surface area contributed by atoms with Gasteiger partial charge in [0, 0.05) is 17.3 Å². The van der Waals surface area contributed by atoms with Crippen LogP contribution in [0.15, 0.2) is 54.9 Å². The standard InChI is InChI=1S/C16H11ClFN3O2/c17-13-7-15(14(18)6-12(13)10-8-19-20-9-10)21-16(22)23-11-4-2-1-3-5-11/h1-9H,(H,19,20)(H,21,22). The van der Waals surface area contributed by atoms with Gasteiger partial charge in [-0.25, -0.2) is 9.18 Å². The maximum Gasteiger partial charge on any atom is 0.417 e. The molecule has 0 unspecified atom stereocenters. The molecular weight excluding hydrogens is 321 g/mol. The molecule has 3 rings (SSSR count). The second-order valence-corrected chi connectivity index (χ2v) is 5.03. The van der Waals surface area contributed by atoms with Crippen LogP contribution in [0, 0.1) is 5.82 Å². The molecule has 0 fully saturated rings. The average Bonchev–Trinajstić information content (AvgIpc) is 3.05. The van der Waals surface area contributed by atoms with Crippen LogP contribution in [0.2, 0.25) is 5.02 Å². The molecule has 23 heavy (non-hydrogen) atoms. The number of carbonyl (C=O) groups is 1. The number of aromatic amines is 1. The lowest BCUT2D eigenvalue weighted by atomic mass is 10.1. The predicted molar refractivity (Wildman–Crippen MR) is 85.1 cm³/mol. The third-order valence-corrected chi connectivity index (χ3v) is 3.37. The van der Waals surface area contributed by atoms with Crippen LogP contribution in [0.5, 0.6) is 5.75 Å². The number of hydrogen-bond donors (Lipinski definition) is 2. The zero-order chi connectivity index (χ0) is 16.2. The molecule has 5 nitrogen and oxygen atoms in total. The van der Waals surface area contributed by atoms with E-state index in [0.717, 1.165) is 0 Å². The molecule has 0 aliphatic heterocycles. The van der Waals surface area contributed by atoms with E-state index in [1.165, 1.54) is 18.3 Å². The van der Waals surface area contributed by atoms with Crippen molar-refractivity contribution in [1.82, 2.24) is 10.2 Å². The van der Waals surface area contributed by atoms with Gasteiger partial charge in [-0.15, -0.1) is 0 Å². The molecule has 116 valence electrons. The lowest BCUT2D eigenvalue weighted by Crippen LogP contribution is -2.17. The number of H-pyrrole nitrogens is 1. The van der Waals surface area contributed by atoms with E-state index in [-0.39, 0.29) is 10.7 Å². The van der Waals surface area contributed by atoms with Crippen molar-refractivity contribution in [1.29, 1.82) is 0 Å². The quantitative estimate of drug-likeness (QED) is 0.743. The van der Waals surface area contributed by atoms with Crippen LogP contribution in [-0.2, 0) is 0 Å².